The average Bonchev–Trinajstić information content (AvgIpc) is 2.56. The van der Waals surface area contributed by atoms with E-state index in [0.717, 1.165) is 0 Å². The number of hydrogen-bond donors (Lipinski definition) is 2. The molecular weight excluding hydrogens is 316 g/mol. The quantitative estimate of drug-likeness (QED) is 0.629. The maximum Gasteiger partial charge on any atom is 0.281 e. The van der Waals surface area contributed by atoms with Crippen LogP contribution in [0.4, 0.5) is 0 Å². The van der Waals surface area contributed by atoms with Gasteiger partial charge >= 0.3 is 0 Å². The fourth-order valence-corrected chi connectivity index (χ4v) is 1.96. The summed E-state index contributed by atoms with van der Waals surface area (Å²) in [5, 5.41) is 14.0. The van der Waals surface area contributed by atoms with E-state index in [4.69, 9.17) is 16.3 Å². The number of halogens is 1. The molecule has 23 heavy (non-hydrogen) atoms. The minimum absolute atomic E-state index is 0.0926. The van der Waals surface area contributed by atoms with E-state index in [1.54, 1.807) is 48.5 Å². The van der Waals surface area contributed by atoms with E-state index < -0.39 is 6.10 Å². The minimum Gasteiger partial charge on any atom is -0.507 e. The summed E-state index contributed by atoms with van der Waals surface area (Å²) >= 11 is 5.81. The first kappa shape index (κ1) is 16.8. The molecule has 2 rings (SSSR count). The van der Waals surface area contributed by atoms with E-state index in [2.05, 4.69) is 10.5 Å². The zero-order valence-corrected chi connectivity index (χ0v) is 13.3. The van der Waals surface area contributed by atoms with Crippen molar-refractivity contribution in [3.63, 3.8) is 0 Å². The third-order valence-electron chi connectivity index (χ3n) is 3.07. The van der Waals surface area contributed by atoms with Crippen LogP contribution in [0.1, 0.15) is 18.9 Å². The molecular formula is C17H17ClN2O3. The Balaban J connectivity index is 1.95. The van der Waals surface area contributed by atoms with Crippen molar-refractivity contribution < 1.29 is 14.6 Å². The number of phenolic OH excluding ortho intramolecular Hbond substituents is 1. The summed E-state index contributed by atoms with van der Waals surface area (Å²) in [4.78, 5) is 12.1. The van der Waals surface area contributed by atoms with E-state index in [-0.39, 0.29) is 11.7 Å². The molecule has 0 heterocycles. The first-order chi connectivity index (χ1) is 11.1. The van der Waals surface area contributed by atoms with Crippen LogP contribution in [0.25, 0.3) is 0 Å². The Bertz CT molecular complexity index is 686. The number of phenols is 1. The van der Waals surface area contributed by atoms with Gasteiger partial charge < -0.3 is 9.84 Å². The summed E-state index contributed by atoms with van der Waals surface area (Å²) in [6.07, 6.45) is 1.20. The fraction of sp³-hybridized carbons (Fsp3) is 0.176. The number of nitrogens with zero attached hydrogens (tertiary/aromatic N) is 1. The molecule has 6 heteroatoms. The van der Waals surface area contributed by atoms with Gasteiger partial charge in [-0.05, 0) is 42.8 Å². The molecule has 0 radical (unpaired) electrons. The Morgan fingerprint density at radius 3 is 2.65 bits per heavy atom. The lowest BCUT2D eigenvalue weighted by Gasteiger charge is -2.15. The highest BCUT2D eigenvalue weighted by Crippen LogP contribution is 2.17. The number of carbonyl (C=O) groups excluding carboxylic acids is 1. The Labute approximate surface area is 139 Å². The normalized spacial score (nSPS) is 12.1. The summed E-state index contributed by atoms with van der Waals surface area (Å²) in [6.45, 7) is 1.84. The summed E-state index contributed by atoms with van der Waals surface area (Å²) in [6, 6.07) is 13.5. The van der Waals surface area contributed by atoms with Crippen molar-refractivity contribution in [1.29, 1.82) is 0 Å². The van der Waals surface area contributed by atoms with Crippen LogP contribution in [-0.2, 0) is 4.79 Å². The standard InChI is InChI=1S/C17H17ClN2O3/c1-2-16(23-14-9-7-13(18)8-10-14)17(22)20-19-11-12-5-3-4-6-15(12)21/h3-11,16,21H,2H2,1H3,(H,20,22)/b19-11-/t16-/m0/s1. The van der Waals surface area contributed by atoms with Crippen molar-refractivity contribution in [3.8, 4) is 11.5 Å². The van der Waals surface area contributed by atoms with Crippen LogP contribution in [0.5, 0.6) is 11.5 Å². The number of nitrogens with one attached hydrogen (secondary N) is 1. The fourth-order valence-electron chi connectivity index (χ4n) is 1.83. The second kappa shape index (κ2) is 8.19. The smallest absolute Gasteiger partial charge is 0.281 e. The Morgan fingerprint density at radius 2 is 2.00 bits per heavy atom. The van der Waals surface area contributed by atoms with E-state index in [1.807, 2.05) is 6.92 Å². The van der Waals surface area contributed by atoms with Gasteiger partial charge in [0.15, 0.2) is 6.10 Å². The molecule has 1 amide bonds. The minimum atomic E-state index is -0.669. The van der Waals surface area contributed by atoms with Crippen molar-refractivity contribution in [1.82, 2.24) is 5.43 Å². The van der Waals surface area contributed by atoms with Crippen molar-refractivity contribution >= 4 is 23.7 Å². The van der Waals surface area contributed by atoms with E-state index in [0.29, 0.717) is 22.8 Å². The molecule has 0 fully saturated rings. The summed E-state index contributed by atoms with van der Waals surface area (Å²) < 4.78 is 5.61. The van der Waals surface area contributed by atoms with Crippen molar-refractivity contribution in [2.75, 3.05) is 0 Å². The van der Waals surface area contributed by atoms with Crippen LogP contribution in [0.2, 0.25) is 5.02 Å². The topological polar surface area (TPSA) is 70.9 Å². The number of aromatic hydroxyl groups is 1. The van der Waals surface area contributed by atoms with Gasteiger partial charge in [0.1, 0.15) is 11.5 Å². The number of hydrazone groups is 1. The monoisotopic (exact) mass is 332 g/mol. The second-order valence-electron chi connectivity index (χ2n) is 4.76. The van der Waals surface area contributed by atoms with Gasteiger partial charge in [-0.15, -0.1) is 0 Å². The van der Waals surface area contributed by atoms with Crippen molar-refractivity contribution in [3.05, 3.63) is 59.1 Å². The third kappa shape index (κ3) is 5.00. The van der Waals surface area contributed by atoms with Gasteiger partial charge in [-0.1, -0.05) is 30.7 Å². The number of benzene rings is 2. The molecule has 2 aromatic rings. The Morgan fingerprint density at radius 1 is 1.30 bits per heavy atom. The molecule has 0 aliphatic rings. The van der Waals surface area contributed by atoms with Crippen molar-refractivity contribution in [2.24, 2.45) is 5.10 Å². The van der Waals surface area contributed by atoms with Gasteiger partial charge in [-0.2, -0.15) is 5.10 Å². The SMILES string of the molecule is CC[C@H](Oc1ccc(Cl)cc1)C(=O)N/N=C\c1ccccc1O. The predicted molar refractivity (Wildman–Crippen MR) is 90.0 cm³/mol. The molecule has 2 aromatic carbocycles. The first-order valence-corrected chi connectivity index (χ1v) is 7.51. The third-order valence-corrected chi connectivity index (χ3v) is 3.32. The van der Waals surface area contributed by atoms with Crippen LogP contribution in [0.3, 0.4) is 0 Å². The Hall–Kier alpha value is -2.53. The molecule has 120 valence electrons. The number of hydrogen-bond acceptors (Lipinski definition) is 4. The van der Waals surface area contributed by atoms with Crippen LogP contribution >= 0.6 is 11.6 Å². The Kier molecular flexibility index (Phi) is 6.00. The summed E-state index contributed by atoms with van der Waals surface area (Å²) in [5.41, 5.74) is 2.92. The molecule has 0 aromatic heterocycles. The molecule has 0 unspecified atom stereocenters. The van der Waals surface area contributed by atoms with Gasteiger partial charge in [0, 0.05) is 10.6 Å². The van der Waals surface area contributed by atoms with Gasteiger partial charge in [0.05, 0.1) is 6.21 Å². The molecule has 0 spiro atoms. The average molecular weight is 333 g/mol. The van der Waals surface area contributed by atoms with Crippen LogP contribution in [0, 0.1) is 0 Å². The molecule has 5 nitrogen and oxygen atoms in total. The molecule has 2 N–H and O–H groups in total. The largest absolute Gasteiger partial charge is 0.507 e. The zero-order valence-electron chi connectivity index (χ0n) is 12.6. The highest BCUT2D eigenvalue weighted by Gasteiger charge is 2.17. The van der Waals surface area contributed by atoms with E-state index in [9.17, 15) is 9.90 Å². The lowest BCUT2D eigenvalue weighted by atomic mass is 10.2. The lowest BCUT2D eigenvalue weighted by Crippen LogP contribution is -2.35. The number of amides is 1. The highest BCUT2D eigenvalue weighted by atomic mass is 35.5. The molecule has 0 saturated heterocycles. The first-order valence-electron chi connectivity index (χ1n) is 7.13. The lowest BCUT2D eigenvalue weighted by molar-refractivity contribution is -0.128. The van der Waals surface area contributed by atoms with Gasteiger partial charge in [-0.3, -0.25) is 4.79 Å². The maximum absolute atomic E-state index is 12.1. The summed E-state index contributed by atoms with van der Waals surface area (Å²) in [5.74, 6) is 0.283. The second-order valence-corrected chi connectivity index (χ2v) is 5.20. The predicted octanol–water partition coefficient (Wildman–Crippen LogP) is 3.35. The van der Waals surface area contributed by atoms with Crippen molar-refractivity contribution in [2.45, 2.75) is 19.4 Å². The van der Waals surface area contributed by atoms with Gasteiger partial charge in [-0.25, -0.2) is 5.43 Å². The molecule has 0 aliphatic heterocycles. The number of carbonyl (C=O) groups is 1. The van der Waals surface area contributed by atoms with Crippen LogP contribution in [0.15, 0.2) is 53.6 Å². The number of rotatable bonds is 6. The maximum atomic E-state index is 12.1. The molecule has 0 saturated carbocycles. The summed E-state index contributed by atoms with van der Waals surface area (Å²) in [7, 11) is 0. The number of para-hydroxylation sites is 1. The van der Waals surface area contributed by atoms with E-state index >= 15 is 0 Å². The van der Waals surface area contributed by atoms with Gasteiger partial charge in [0.2, 0.25) is 0 Å². The van der Waals surface area contributed by atoms with Gasteiger partial charge in [0.25, 0.3) is 5.91 Å². The molecule has 0 bridgehead atoms. The molecule has 0 aliphatic carbocycles. The highest BCUT2D eigenvalue weighted by molar-refractivity contribution is 6.30. The molecule has 1 atom stereocenters. The van der Waals surface area contributed by atoms with Crippen LogP contribution < -0.4 is 10.2 Å². The zero-order chi connectivity index (χ0) is 16.7. The number of ether oxygens (including phenoxy) is 1. The van der Waals surface area contributed by atoms with E-state index in [1.165, 1.54) is 6.21 Å². The van der Waals surface area contributed by atoms with Crippen LogP contribution in [-0.4, -0.2) is 23.3 Å².